The van der Waals surface area contributed by atoms with E-state index in [4.69, 9.17) is 21.1 Å². The molecule has 0 amide bonds. The number of aromatic nitrogens is 2. The number of halogens is 1. The van der Waals surface area contributed by atoms with Gasteiger partial charge in [-0.3, -0.25) is 14.8 Å². The molecule has 2 aromatic heterocycles. The highest BCUT2D eigenvalue weighted by Crippen LogP contribution is 2.40. The molecule has 8 nitrogen and oxygen atoms in total. The smallest absolute Gasteiger partial charge is 0.306 e. The molecule has 0 fully saturated rings. The maximum atomic E-state index is 13.2. The molecule has 270 valence electrons. The lowest BCUT2D eigenvalue weighted by Crippen LogP contribution is -2.26. The van der Waals surface area contributed by atoms with Gasteiger partial charge in [0.25, 0.3) is 0 Å². The normalized spacial score (nSPS) is 13.6. The lowest BCUT2D eigenvalue weighted by molar-refractivity contribution is -0.145. The molecule has 0 spiro atoms. The van der Waals surface area contributed by atoms with Crippen molar-refractivity contribution in [2.24, 2.45) is 0 Å². The minimum Gasteiger partial charge on any atom is -0.458 e. The molecule has 0 radical (unpaired) electrons. The van der Waals surface area contributed by atoms with Crippen LogP contribution >= 0.6 is 11.6 Å². The first-order valence-corrected chi connectivity index (χ1v) is 18.7. The number of nitrogens with zero attached hydrogens (tertiary/aromatic N) is 5. The molecule has 4 aromatic rings. The van der Waals surface area contributed by atoms with Crippen LogP contribution in [0.1, 0.15) is 69.2 Å². The van der Waals surface area contributed by atoms with Crippen LogP contribution in [0.15, 0.2) is 91.0 Å². The molecule has 0 saturated carbocycles. The van der Waals surface area contributed by atoms with E-state index in [1.165, 1.54) is 5.56 Å². The van der Waals surface area contributed by atoms with Crippen LogP contribution in [0.2, 0.25) is 0 Å². The monoisotopic (exact) mass is 717 g/mol. The number of carbonyl (C=O) groups is 1. The van der Waals surface area contributed by atoms with Crippen LogP contribution in [0, 0.1) is 18.3 Å². The summed E-state index contributed by atoms with van der Waals surface area (Å²) in [5, 5.41) is 10.5. The van der Waals surface area contributed by atoms with Gasteiger partial charge in [-0.2, -0.15) is 5.26 Å². The first-order chi connectivity index (χ1) is 25.3. The zero-order valence-corrected chi connectivity index (χ0v) is 31.6. The summed E-state index contributed by atoms with van der Waals surface area (Å²) < 4.78 is 12.5. The number of rotatable bonds is 16. The van der Waals surface area contributed by atoms with E-state index in [1.807, 2.05) is 50.3 Å². The highest BCUT2D eigenvalue weighted by molar-refractivity contribution is 6.18. The summed E-state index contributed by atoms with van der Waals surface area (Å²) in [5.41, 5.74) is 8.37. The Kier molecular flexibility index (Phi) is 13.5. The van der Waals surface area contributed by atoms with Crippen molar-refractivity contribution in [3.8, 4) is 23.2 Å². The fourth-order valence-corrected chi connectivity index (χ4v) is 6.69. The van der Waals surface area contributed by atoms with E-state index in [2.05, 4.69) is 76.9 Å². The number of pyridine rings is 2. The van der Waals surface area contributed by atoms with Gasteiger partial charge in [-0.1, -0.05) is 19.1 Å². The average molecular weight is 718 g/mol. The quantitative estimate of drug-likeness (QED) is 0.0643. The van der Waals surface area contributed by atoms with Gasteiger partial charge >= 0.3 is 5.97 Å². The summed E-state index contributed by atoms with van der Waals surface area (Å²) in [6.07, 6.45) is 7.45. The predicted octanol–water partition coefficient (Wildman–Crippen LogP) is 9.42. The second-order valence-electron chi connectivity index (χ2n) is 12.9. The van der Waals surface area contributed by atoms with Crippen LogP contribution in [0.3, 0.4) is 0 Å². The summed E-state index contributed by atoms with van der Waals surface area (Å²) in [6, 6.07) is 24.5. The Bertz CT molecular complexity index is 1940. The molecule has 3 heterocycles. The maximum absolute atomic E-state index is 13.2. The molecular weight excluding hydrogens is 670 g/mol. The Hall–Kier alpha value is -5.13. The lowest BCUT2D eigenvalue weighted by Gasteiger charge is -2.28. The van der Waals surface area contributed by atoms with Gasteiger partial charge in [0, 0.05) is 79.5 Å². The number of aryl methyl sites for hydroxylation is 2. The molecule has 0 aliphatic carbocycles. The van der Waals surface area contributed by atoms with E-state index < -0.39 is 6.10 Å². The number of allylic oxidation sites excluding steroid dienone is 2. The molecule has 0 bridgehead atoms. The summed E-state index contributed by atoms with van der Waals surface area (Å²) in [7, 11) is 0. The minimum absolute atomic E-state index is 0.274. The summed E-state index contributed by atoms with van der Waals surface area (Å²) in [5.74, 6) is 1.30. The number of ether oxygens (including phenoxy) is 2. The van der Waals surface area contributed by atoms with Crippen molar-refractivity contribution in [3.05, 3.63) is 113 Å². The zero-order chi connectivity index (χ0) is 37.0. The van der Waals surface area contributed by atoms with Gasteiger partial charge in [0.1, 0.15) is 29.3 Å². The number of fused-ring (bicyclic) bond motifs is 1. The Labute approximate surface area is 313 Å². The van der Waals surface area contributed by atoms with E-state index in [1.54, 1.807) is 18.5 Å². The largest absolute Gasteiger partial charge is 0.458 e. The molecule has 0 N–H and O–H groups in total. The Balaban J connectivity index is 1.38. The first-order valence-electron chi connectivity index (χ1n) is 18.2. The van der Waals surface area contributed by atoms with Crippen molar-refractivity contribution in [2.45, 2.75) is 66.4 Å². The molecule has 1 aliphatic rings. The van der Waals surface area contributed by atoms with Crippen LogP contribution < -0.4 is 14.5 Å². The van der Waals surface area contributed by atoms with Crippen LogP contribution in [-0.2, 0) is 16.0 Å². The molecule has 1 unspecified atom stereocenters. The van der Waals surface area contributed by atoms with Crippen molar-refractivity contribution in [1.29, 1.82) is 5.26 Å². The van der Waals surface area contributed by atoms with Gasteiger partial charge in [-0.25, -0.2) is 0 Å². The van der Waals surface area contributed by atoms with Crippen LogP contribution in [-0.4, -0.2) is 54.1 Å². The number of esters is 1. The second-order valence-corrected chi connectivity index (χ2v) is 13.3. The molecule has 1 atom stereocenters. The summed E-state index contributed by atoms with van der Waals surface area (Å²) >= 11 is 6.02. The van der Waals surface area contributed by atoms with Crippen molar-refractivity contribution < 1.29 is 14.3 Å². The van der Waals surface area contributed by atoms with E-state index >= 15 is 0 Å². The van der Waals surface area contributed by atoms with Crippen molar-refractivity contribution in [3.63, 3.8) is 0 Å². The standard InChI is InChI=1S/C43H48ClN5O3/c1-6-23-49(24-20-44)34-14-12-32(13-15-34)10-9-11-43(50)51-31(5)37-28-42(52-41-27-35(16-17-36(37)41)48(7-2)8-3)38(29-45)33-19-22-47-40(26-33)39-25-30(4)18-21-46-39/h12-19,21-22,25-28,31H,6-11,20,23-24H2,1-5H3/b42-38-. The fourth-order valence-electron chi connectivity index (χ4n) is 6.48. The zero-order valence-electron chi connectivity index (χ0n) is 30.9. The van der Waals surface area contributed by atoms with E-state index in [9.17, 15) is 10.1 Å². The van der Waals surface area contributed by atoms with Crippen molar-refractivity contribution in [2.75, 3.05) is 41.9 Å². The fraction of sp³-hybridized carbons (Fsp3) is 0.349. The van der Waals surface area contributed by atoms with Crippen LogP contribution in [0.4, 0.5) is 11.4 Å². The third kappa shape index (κ3) is 9.40. The molecule has 1 aliphatic heterocycles. The Morgan fingerprint density at radius 2 is 1.63 bits per heavy atom. The van der Waals surface area contributed by atoms with E-state index in [0.717, 1.165) is 72.8 Å². The van der Waals surface area contributed by atoms with Crippen LogP contribution in [0.25, 0.3) is 22.5 Å². The molecular formula is C43H48ClN5O3. The minimum atomic E-state index is -0.584. The number of hydrogen-bond donors (Lipinski definition) is 0. The Morgan fingerprint density at radius 3 is 2.31 bits per heavy atom. The van der Waals surface area contributed by atoms with Crippen molar-refractivity contribution >= 4 is 40.1 Å². The van der Waals surface area contributed by atoms with Gasteiger partial charge in [0.05, 0.1) is 11.4 Å². The number of benzene rings is 2. The van der Waals surface area contributed by atoms with Gasteiger partial charge in [-0.15, -0.1) is 11.6 Å². The van der Waals surface area contributed by atoms with E-state index in [-0.39, 0.29) is 12.4 Å². The molecule has 52 heavy (non-hydrogen) atoms. The van der Waals surface area contributed by atoms with Crippen molar-refractivity contribution in [1.82, 2.24) is 9.97 Å². The number of carbonyl (C=O) groups excluding carboxylic acids is 1. The third-order valence-electron chi connectivity index (χ3n) is 9.24. The number of anilines is 2. The highest BCUT2D eigenvalue weighted by Gasteiger charge is 2.27. The molecule has 5 rings (SSSR count). The second kappa shape index (κ2) is 18.4. The number of hydrogen-bond acceptors (Lipinski definition) is 8. The number of nitriles is 1. The third-order valence-corrected chi connectivity index (χ3v) is 9.41. The van der Waals surface area contributed by atoms with Gasteiger partial charge in [0.2, 0.25) is 0 Å². The van der Waals surface area contributed by atoms with E-state index in [0.29, 0.717) is 40.6 Å². The number of alkyl halides is 1. The van der Waals surface area contributed by atoms with Crippen LogP contribution in [0.5, 0.6) is 5.75 Å². The lowest BCUT2D eigenvalue weighted by atomic mass is 9.94. The highest BCUT2D eigenvalue weighted by atomic mass is 35.5. The molecule has 0 saturated heterocycles. The summed E-state index contributed by atoms with van der Waals surface area (Å²) in [4.78, 5) is 26.7. The van der Waals surface area contributed by atoms with Gasteiger partial charge in [0.15, 0.2) is 0 Å². The topological polar surface area (TPSA) is 91.6 Å². The SMILES string of the molecule is CCCN(CCCl)c1ccc(CCCC(=O)OC(C)C2=C/C(=C(\C#N)c3ccnc(-c4cc(C)ccn4)c3)Oc3cc(N(CC)CC)ccc32)cc1. The van der Waals surface area contributed by atoms with Gasteiger partial charge in [-0.05, 0) is 118 Å². The average Bonchev–Trinajstić information content (AvgIpc) is 3.15. The Morgan fingerprint density at radius 1 is 0.923 bits per heavy atom. The molecule has 2 aromatic carbocycles. The summed E-state index contributed by atoms with van der Waals surface area (Å²) in [6.45, 7) is 13.7. The molecule has 9 heteroatoms. The predicted molar refractivity (Wildman–Crippen MR) is 212 cm³/mol. The van der Waals surface area contributed by atoms with Gasteiger partial charge < -0.3 is 19.3 Å². The first kappa shape index (κ1) is 38.1. The maximum Gasteiger partial charge on any atom is 0.306 e.